The minimum absolute atomic E-state index is 0.0931. The topological polar surface area (TPSA) is 23.5 Å². The Labute approximate surface area is 113 Å². The van der Waals surface area contributed by atoms with Crippen LogP contribution >= 0.6 is 0 Å². The molecular weight excluding hydrogens is 222 g/mol. The Hall–Kier alpha value is -0.0800. The first-order valence-corrected chi connectivity index (χ1v) is 8.07. The summed E-state index contributed by atoms with van der Waals surface area (Å²) >= 11 is 0. The van der Waals surface area contributed by atoms with Crippen LogP contribution < -0.4 is 0 Å². The van der Waals surface area contributed by atoms with E-state index in [0.29, 0.717) is 12.0 Å². The van der Waals surface area contributed by atoms with Crippen molar-refractivity contribution in [3.05, 3.63) is 0 Å². The summed E-state index contributed by atoms with van der Waals surface area (Å²) in [7, 11) is 2.22. The second-order valence-corrected chi connectivity index (χ2v) is 6.73. The smallest absolute Gasteiger partial charge is 0.0695 e. The van der Waals surface area contributed by atoms with Gasteiger partial charge in [-0.05, 0) is 44.6 Å². The first kappa shape index (κ1) is 14.3. The molecule has 2 aliphatic carbocycles. The molecule has 2 fully saturated rings. The molecular formula is C16H31NO. The van der Waals surface area contributed by atoms with Gasteiger partial charge in [-0.25, -0.2) is 0 Å². The van der Waals surface area contributed by atoms with E-state index in [4.69, 9.17) is 0 Å². The van der Waals surface area contributed by atoms with E-state index < -0.39 is 0 Å². The minimum atomic E-state index is -0.0931. The van der Waals surface area contributed by atoms with Crippen molar-refractivity contribution in [3.63, 3.8) is 0 Å². The van der Waals surface area contributed by atoms with E-state index in [0.717, 1.165) is 12.5 Å². The summed E-state index contributed by atoms with van der Waals surface area (Å²) in [4.78, 5) is 2.45. The summed E-state index contributed by atoms with van der Waals surface area (Å²) in [5.74, 6) is 1.38. The van der Waals surface area contributed by atoms with Crippen molar-refractivity contribution >= 4 is 0 Å². The number of rotatable bonds is 4. The van der Waals surface area contributed by atoms with Gasteiger partial charge in [-0.15, -0.1) is 0 Å². The minimum Gasteiger partial charge on any atom is -0.392 e. The van der Waals surface area contributed by atoms with Crippen LogP contribution in [0.4, 0.5) is 0 Å². The van der Waals surface area contributed by atoms with Crippen LogP contribution in [0.15, 0.2) is 0 Å². The van der Waals surface area contributed by atoms with Crippen molar-refractivity contribution in [2.24, 2.45) is 11.8 Å². The SMILES string of the molecule is CC1CCCCC1N(C)CC(O)C1CCCCC1. The number of hydrogen-bond donors (Lipinski definition) is 1. The molecule has 0 bridgehead atoms. The molecule has 0 aromatic heterocycles. The molecule has 106 valence electrons. The number of aliphatic hydroxyl groups is 1. The van der Waals surface area contributed by atoms with E-state index >= 15 is 0 Å². The van der Waals surface area contributed by atoms with Crippen molar-refractivity contribution in [1.29, 1.82) is 0 Å². The van der Waals surface area contributed by atoms with Crippen LogP contribution in [0.3, 0.4) is 0 Å². The summed E-state index contributed by atoms with van der Waals surface area (Å²) in [5, 5.41) is 10.4. The predicted octanol–water partition coefficient (Wildman–Crippen LogP) is 3.44. The third-order valence-electron chi connectivity index (χ3n) is 5.30. The quantitative estimate of drug-likeness (QED) is 0.829. The molecule has 3 unspecified atom stereocenters. The van der Waals surface area contributed by atoms with E-state index in [1.807, 2.05) is 0 Å². The molecule has 0 amide bonds. The fraction of sp³-hybridized carbons (Fsp3) is 1.00. The zero-order chi connectivity index (χ0) is 13.0. The molecule has 0 spiro atoms. The third-order valence-corrected chi connectivity index (χ3v) is 5.30. The fourth-order valence-corrected chi connectivity index (χ4v) is 4.05. The first-order valence-electron chi connectivity index (χ1n) is 8.07. The molecule has 0 radical (unpaired) electrons. The second kappa shape index (κ2) is 6.91. The van der Waals surface area contributed by atoms with Gasteiger partial charge in [-0.3, -0.25) is 0 Å². The van der Waals surface area contributed by atoms with Crippen LogP contribution in [-0.2, 0) is 0 Å². The van der Waals surface area contributed by atoms with Crippen LogP contribution in [-0.4, -0.2) is 35.7 Å². The van der Waals surface area contributed by atoms with Crippen LogP contribution in [0.5, 0.6) is 0 Å². The molecule has 0 aromatic rings. The molecule has 2 saturated carbocycles. The van der Waals surface area contributed by atoms with Crippen molar-refractivity contribution in [3.8, 4) is 0 Å². The van der Waals surface area contributed by atoms with E-state index in [2.05, 4.69) is 18.9 Å². The van der Waals surface area contributed by atoms with E-state index in [1.165, 1.54) is 57.8 Å². The van der Waals surface area contributed by atoms with Gasteiger partial charge in [0, 0.05) is 12.6 Å². The predicted molar refractivity (Wildman–Crippen MR) is 76.6 cm³/mol. The van der Waals surface area contributed by atoms with Gasteiger partial charge < -0.3 is 10.0 Å². The van der Waals surface area contributed by atoms with Gasteiger partial charge in [-0.2, -0.15) is 0 Å². The lowest BCUT2D eigenvalue weighted by molar-refractivity contribution is 0.0272. The largest absolute Gasteiger partial charge is 0.392 e. The van der Waals surface area contributed by atoms with Gasteiger partial charge >= 0.3 is 0 Å². The highest BCUT2D eigenvalue weighted by atomic mass is 16.3. The van der Waals surface area contributed by atoms with Crippen LogP contribution in [0.1, 0.15) is 64.7 Å². The number of likely N-dealkylation sites (N-methyl/N-ethyl adjacent to an activating group) is 1. The summed E-state index contributed by atoms with van der Waals surface area (Å²) in [6, 6.07) is 0.706. The molecule has 2 nitrogen and oxygen atoms in total. The highest BCUT2D eigenvalue weighted by molar-refractivity contribution is 4.82. The number of hydrogen-bond acceptors (Lipinski definition) is 2. The van der Waals surface area contributed by atoms with Gasteiger partial charge in [-0.1, -0.05) is 39.0 Å². The molecule has 0 saturated heterocycles. The third kappa shape index (κ3) is 3.71. The normalized spacial score (nSPS) is 32.7. The molecule has 18 heavy (non-hydrogen) atoms. The van der Waals surface area contributed by atoms with Crippen molar-refractivity contribution in [2.75, 3.05) is 13.6 Å². The zero-order valence-corrected chi connectivity index (χ0v) is 12.3. The zero-order valence-electron chi connectivity index (χ0n) is 12.3. The lowest BCUT2D eigenvalue weighted by Crippen LogP contribution is -2.44. The van der Waals surface area contributed by atoms with E-state index in [1.54, 1.807) is 0 Å². The number of nitrogens with zero attached hydrogens (tertiary/aromatic N) is 1. The van der Waals surface area contributed by atoms with Gasteiger partial charge in [0.1, 0.15) is 0 Å². The van der Waals surface area contributed by atoms with Crippen LogP contribution in [0, 0.1) is 11.8 Å². The molecule has 2 heteroatoms. The fourth-order valence-electron chi connectivity index (χ4n) is 4.05. The standard InChI is InChI=1S/C16H31NO/c1-13-8-6-7-11-15(13)17(2)12-16(18)14-9-4-3-5-10-14/h13-16,18H,3-12H2,1-2H3. The Balaban J connectivity index is 1.79. The lowest BCUT2D eigenvalue weighted by atomic mass is 9.83. The molecule has 1 N–H and O–H groups in total. The Bertz CT molecular complexity index is 237. The van der Waals surface area contributed by atoms with Crippen molar-refractivity contribution in [2.45, 2.75) is 76.9 Å². The molecule has 2 rings (SSSR count). The Morgan fingerprint density at radius 2 is 1.61 bits per heavy atom. The maximum Gasteiger partial charge on any atom is 0.0695 e. The molecule has 0 heterocycles. The van der Waals surface area contributed by atoms with Gasteiger partial charge in [0.25, 0.3) is 0 Å². The van der Waals surface area contributed by atoms with E-state index in [9.17, 15) is 5.11 Å². The van der Waals surface area contributed by atoms with E-state index in [-0.39, 0.29) is 6.10 Å². The average molecular weight is 253 g/mol. The molecule has 2 aliphatic rings. The van der Waals surface area contributed by atoms with Crippen LogP contribution in [0.2, 0.25) is 0 Å². The monoisotopic (exact) mass is 253 g/mol. The maximum atomic E-state index is 10.4. The van der Waals surface area contributed by atoms with Crippen molar-refractivity contribution in [1.82, 2.24) is 4.90 Å². The van der Waals surface area contributed by atoms with Gasteiger partial charge in [0.05, 0.1) is 6.10 Å². The molecule has 0 aliphatic heterocycles. The second-order valence-electron chi connectivity index (χ2n) is 6.73. The Kier molecular flexibility index (Phi) is 5.50. The highest BCUT2D eigenvalue weighted by Gasteiger charge is 2.28. The lowest BCUT2D eigenvalue weighted by Gasteiger charge is -2.38. The van der Waals surface area contributed by atoms with Gasteiger partial charge in [0.2, 0.25) is 0 Å². The number of aliphatic hydroxyl groups excluding tert-OH is 1. The maximum absolute atomic E-state index is 10.4. The van der Waals surface area contributed by atoms with Gasteiger partial charge in [0.15, 0.2) is 0 Å². The highest BCUT2D eigenvalue weighted by Crippen LogP contribution is 2.30. The molecule has 3 atom stereocenters. The van der Waals surface area contributed by atoms with Crippen LogP contribution in [0.25, 0.3) is 0 Å². The Morgan fingerprint density at radius 3 is 2.28 bits per heavy atom. The Morgan fingerprint density at radius 1 is 1.00 bits per heavy atom. The average Bonchev–Trinajstić information content (AvgIpc) is 2.40. The van der Waals surface area contributed by atoms with Crippen molar-refractivity contribution < 1.29 is 5.11 Å². The first-order chi connectivity index (χ1) is 8.68. The summed E-state index contributed by atoms with van der Waals surface area (Å²) in [6.07, 6.45) is 11.9. The summed E-state index contributed by atoms with van der Waals surface area (Å²) in [6.45, 7) is 3.27. The summed E-state index contributed by atoms with van der Waals surface area (Å²) in [5.41, 5.74) is 0. The summed E-state index contributed by atoms with van der Waals surface area (Å²) < 4.78 is 0. The molecule has 0 aromatic carbocycles.